The number of rotatable bonds is 3. The van der Waals surface area contributed by atoms with Gasteiger partial charge in [-0.25, -0.2) is 4.39 Å². The van der Waals surface area contributed by atoms with Gasteiger partial charge in [0.15, 0.2) is 0 Å². The van der Waals surface area contributed by atoms with E-state index in [2.05, 4.69) is 11.8 Å². The molecule has 0 bridgehead atoms. The second-order valence-electron chi connectivity index (χ2n) is 4.28. The van der Waals surface area contributed by atoms with Crippen molar-refractivity contribution >= 4 is 5.91 Å². The topological polar surface area (TPSA) is 64.3 Å². The Morgan fingerprint density at radius 2 is 2.25 bits per heavy atom. The molecule has 0 fully saturated rings. The van der Waals surface area contributed by atoms with Crippen molar-refractivity contribution in [1.82, 2.24) is 4.90 Å². The maximum absolute atomic E-state index is 13.7. The lowest BCUT2D eigenvalue weighted by molar-refractivity contribution is 0.0745. The average Bonchev–Trinajstić information content (AvgIpc) is 2.44. The van der Waals surface area contributed by atoms with Crippen molar-refractivity contribution < 1.29 is 14.3 Å². The van der Waals surface area contributed by atoms with Crippen LogP contribution in [-0.4, -0.2) is 35.6 Å². The molecule has 0 saturated carbocycles. The molecular formula is C15H15FN2O2. The van der Waals surface area contributed by atoms with Gasteiger partial charge in [0.1, 0.15) is 12.4 Å². The Morgan fingerprint density at radius 3 is 2.80 bits per heavy atom. The SMILES string of the molecule is CC(CC#N)N(C)C(=O)c1ccc(C#CCO)c(F)c1. The Kier molecular flexibility index (Phi) is 5.71. The highest BCUT2D eigenvalue weighted by Crippen LogP contribution is 2.13. The molecule has 0 aliphatic rings. The molecule has 0 heterocycles. The van der Waals surface area contributed by atoms with Gasteiger partial charge in [0, 0.05) is 18.7 Å². The summed E-state index contributed by atoms with van der Waals surface area (Å²) in [7, 11) is 1.57. The van der Waals surface area contributed by atoms with E-state index < -0.39 is 5.82 Å². The summed E-state index contributed by atoms with van der Waals surface area (Å²) in [6.45, 7) is 1.40. The summed E-state index contributed by atoms with van der Waals surface area (Å²) in [5.74, 6) is 3.84. The van der Waals surface area contributed by atoms with Crippen LogP contribution in [0.1, 0.15) is 29.3 Å². The lowest BCUT2D eigenvalue weighted by Gasteiger charge is -2.23. The normalized spacial score (nSPS) is 10.9. The maximum atomic E-state index is 13.7. The predicted octanol–water partition coefficient (Wildman–Crippen LogP) is 1.54. The summed E-state index contributed by atoms with van der Waals surface area (Å²) in [5.41, 5.74) is 0.327. The third kappa shape index (κ3) is 3.81. The minimum absolute atomic E-state index is 0.128. The summed E-state index contributed by atoms with van der Waals surface area (Å²) in [6, 6.07) is 5.72. The van der Waals surface area contributed by atoms with Gasteiger partial charge in [-0.15, -0.1) is 0 Å². The van der Waals surface area contributed by atoms with E-state index in [4.69, 9.17) is 10.4 Å². The Hall–Kier alpha value is -2.37. The quantitative estimate of drug-likeness (QED) is 0.850. The van der Waals surface area contributed by atoms with Crippen molar-refractivity contribution in [3.63, 3.8) is 0 Å². The number of nitrogens with zero attached hydrogens (tertiary/aromatic N) is 2. The van der Waals surface area contributed by atoms with Crippen molar-refractivity contribution in [3.8, 4) is 17.9 Å². The number of carbonyl (C=O) groups excluding carboxylic acids is 1. The maximum Gasteiger partial charge on any atom is 0.253 e. The molecule has 4 nitrogen and oxygen atoms in total. The second-order valence-corrected chi connectivity index (χ2v) is 4.28. The molecule has 1 unspecified atom stereocenters. The minimum Gasteiger partial charge on any atom is -0.384 e. The molecule has 20 heavy (non-hydrogen) atoms. The smallest absolute Gasteiger partial charge is 0.253 e. The molecule has 0 aliphatic heterocycles. The third-order valence-corrected chi connectivity index (χ3v) is 2.89. The van der Waals surface area contributed by atoms with Gasteiger partial charge in [-0.05, 0) is 25.1 Å². The zero-order chi connectivity index (χ0) is 15.1. The van der Waals surface area contributed by atoms with Gasteiger partial charge in [0.2, 0.25) is 0 Å². The molecule has 0 saturated heterocycles. The summed E-state index contributed by atoms with van der Waals surface area (Å²) in [4.78, 5) is 13.5. The highest BCUT2D eigenvalue weighted by molar-refractivity contribution is 5.94. The largest absolute Gasteiger partial charge is 0.384 e. The molecule has 5 heteroatoms. The molecule has 0 aromatic heterocycles. The number of aliphatic hydroxyl groups excluding tert-OH is 1. The number of hydrogen-bond donors (Lipinski definition) is 1. The number of benzene rings is 1. The lowest BCUT2D eigenvalue weighted by atomic mass is 10.1. The third-order valence-electron chi connectivity index (χ3n) is 2.89. The van der Waals surface area contributed by atoms with Gasteiger partial charge >= 0.3 is 0 Å². The molecule has 1 amide bonds. The Labute approximate surface area is 117 Å². The van der Waals surface area contributed by atoms with Crippen molar-refractivity contribution in [3.05, 3.63) is 35.1 Å². The number of hydrogen-bond acceptors (Lipinski definition) is 3. The van der Waals surface area contributed by atoms with Crippen LogP contribution in [0.4, 0.5) is 4.39 Å². The molecule has 0 aliphatic carbocycles. The van der Waals surface area contributed by atoms with Crippen LogP contribution >= 0.6 is 0 Å². The first-order chi connectivity index (χ1) is 9.51. The molecule has 104 valence electrons. The zero-order valence-electron chi connectivity index (χ0n) is 11.4. The van der Waals surface area contributed by atoms with Crippen LogP contribution in [0.2, 0.25) is 0 Å². The standard InChI is InChI=1S/C15H15FN2O2/c1-11(7-8-17)18(2)15(20)13-6-5-12(4-3-9-19)14(16)10-13/h5-6,10-11,19H,7,9H2,1-2H3. The molecule has 1 aromatic rings. The first kappa shape index (κ1) is 15.7. The molecule has 1 rings (SSSR count). The fourth-order valence-corrected chi connectivity index (χ4v) is 1.56. The Morgan fingerprint density at radius 1 is 1.55 bits per heavy atom. The van der Waals surface area contributed by atoms with Gasteiger partial charge in [-0.3, -0.25) is 4.79 Å². The lowest BCUT2D eigenvalue weighted by Crippen LogP contribution is -2.34. The Bertz CT molecular complexity index is 596. The van der Waals surface area contributed by atoms with E-state index in [1.807, 2.05) is 6.07 Å². The van der Waals surface area contributed by atoms with Crippen molar-refractivity contribution in [2.24, 2.45) is 0 Å². The van der Waals surface area contributed by atoms with Crippen molar-refractivity contribution in [2.75, 3.05) is 13.7 Å². The van der Waals surface area contributed by atoms with Gasteiger partial charge in [-0.2, -0.15) is 5.26 Å². The van der Waals surface area contributed by atoms with Crippen LogP contribution < -0.4 is 0 Å². The fourth-order valence-electron chi connectivity index (χ4n) is 1.56. The van der Waals surface area contributed by atoms with Gasteiger partial charge in [0.25, 0.3) is 5.91 Å². The van der Waals surface area contributed by atoms with E-state index in [-0.39, 0.29) is 36.1 Å². The fraction of sp³-hybridized carbons (Fsp3) is 0.333. The summed E-state index contributed by atoms with van der Waals surface area (Å²) >= 11 is 0. The monoisotopic (exact) mass is 274 g/mol. The van der Waals surface area contributed by atoms with Crippen LogP contribution in [0.5, 0.6) is 0 Å². The van der Waals surface area contributed by atoms with E-state index in [9.17, 15) is 9.18 Å². The van der Waals surface area contributed by atoms with Crippen LogP contribution in [-0.2, 0) is 0 Å². The van der Waals surface area contributed by atoms with Crippen LogP contribution in [0.15, 0.2) is 18.2 Å². The van der Waals surface area contributed by atoms with E-state index in [1.165, 1.54) is 17.0 Å². The van der Waals surface area contributed by atoms with Crippen LogP contribution in [0, 0.1) is 29.0 Å². The predicted molar refractivity (Wildman–Crippen MR) is 72.1 cm³/mol. The summed E-state index contributed by atoms with van der Waals surface area (Å²) < 4.78 is 13.7. The van der Waals surface area contributed by atoms with E-state index in [0.717, 1.165) is 6.07 Å². The second kappa shape index (κ2) is 7.28. The highest BCUT2D eigenvalue weighted by Gasteiger charge is 2.18. The average molecular weight is 274 g/mol. The number of amides is 1. The van der Waals surface area contributed by atoms with Crippen molar-refractivity contribution in [2.45, 2.75) is 19.4 Å². The first-order valence-corrected chi connectivity index (χ1v) is 6.04. The van der Waals surface area contributed by atoms with Gasteiger partial charge in [-0.1, -0.05) is 11.8 Å². The number of carbonyl (C=O) groups is 1. The Balaban J connectivity index is 2.96. The number of halogens is 1. The molecular weight excluding hydrogens is 259 g/mol. The highest BCUT2D eigenvalue weighted by atomic mass is 19.1. The number of nitriles is 1. The molecule has 0 spiro atoms. The summed E-state index contributed by atoms with van der Waals surface area (Å²) in [6.07, 6.45) is 0.213. The van der Waals surface area contributed by atoms with Gasteiger partial charge < -0.3 is 10.0 Å². The summed E-state index contributed by atoms with van der Waals surface area (Å²) in [5, 5.41) is 17.2. The molecule has 1 aromatic carbocycles. The first-order valence-electron chi connectivity index (χ1n) is 6.04. The van der Waals surface area contributed by atoms with Gasteiger partial charge in [0.05, 0.1) is 18.1 Å². The molecule has 1 atom stereocenters. The molecule has 1 N–H and O–H groups in total. The van der Waals surface area contributed by atoms with E-state index in [1.54, 1.807) is 14.0 Å². The zero-order valence-corrected chi connectivity index (χ0v) is 11.4. The number of aliphatic hydroxyl groups is 1. The van der Waals surface area contributed by atoms with Crippen LogP contribution in [0.3, 0.4) is 0 Å². The van der Waals surface area contributed by atoms with E-state index >= 15 is 0 Å². The van der Waals surface area contributed by atoms with E-state index in [0.29, 0.717) is 0 Å². The van der Waals surface area contributed by atoms with Crippen LogP contribution in [0.25, 0.3) is 0 Å². The minimum atomic E-state index is -0.613. The molecule has 0 radical (unpaired) electrons. The van der Waals surface area contributed by atoms with Crippen molar-refractivity contribution in [1.29, 1.82) is 5.26 Å².